The second-order valence-corrected chi connectivity index (χ2v) is 6.83. The zero-order chi connectivity index (χ0) is 13.2. The highest BCUT2D eigenvalue weighted by atomic mass is 79.9. The molecular weight excluding hydrogens is 300 g/mol. The van der Waals surface area contributed by atoms with Crippen LogP contribution in [0.2, 0.25) is 0 Å². The highest BCUT2D eigenvalue weighted by Gasteiger charge is 2.37. The summed E-state index contributed by atoms with van der Waals surface area (Å²) in [5, 5.41) is 3.47. The SMILES string of the molecule is CNC(CCN1CC2CCC1C2)c1ccccc1Br. The van der Waals surface area contributed by atoms with Gasteiger partial charge in [-0.1, -0.05) is 34.1 Å². The van der Waals surface area contributed by atoms with Crippen molar-refractivity contribution in [1.82, 2.24) is 10.2 Å². The van der Waals surface area contributed by atoms with Gasteiger partial charge in [-0.3, -0.25) is 0 Å². The fourth-order valence-electron chi connectivity index (χ4n) is 3.81. The highest BCUT2D eigenvalue weighted by Crippen LogP contribution is 2.37. The first kappa shape index (κ1) is 13.6. The molecule has 3 unspecified atom stereocenters. The van der Waals surface area contributed by atoms with Crippen molar-refractivity contribution < 1.29 is 0 Å². The number of piperidine rings is 1. The molecule has 1 saturated heterocycles. The minimum Gasteiger partial charge on any atom is -0.313 e. The van der Waals surface area contributed by atoms with Gasteiger partial charge in [0.15, 0.2) is 0 Å². The summed E-state index contributed by atoms with van der Waals surface area (Å²) < 4.78 is 1.22. The van der Waals surface area contributed by atoms with Crippen LogP contribution >= 0.6 is 15.9 Å². The van der Waals surface area contributed by atoms with Crippen LogP contribution in [0, 0.1) is 5.92 Å². The molecule has 1 aliphatic carbocycles. The Hall–Kier alpha value is -0.380. The maximum Gasteiger partial charge on any atom is 0.0340 e. The average Bonchev–Trinajstić information content (AvgIpc) is 3.03. The number of rotatable bonds is 5. The largest absolute Gasteiger partial charge is 0.313 e. The molecule has 1 saturated carbocycles. The van der Waals surface area contributed by atoms with E-state index >= 15 is 0 Å². The molecular formula is C16H23BrN2. The Balaban J connectivity index is 1.60. The number of nitrogens with zero attached hydrogens (tertiary/aromatic N) is 1. The van der Waals surface area contributed by atoms with E-state index in [0.717, 1.165) is 12.0 Å². The topological polar surface area (TPSA) is 15.3 Å². The van der Waals surface area contributed by atoms with Crippen LogP contribution in [0.25, 0.3) is 0 Å². The Morgan fingerprint density at radius 3 is 2.84 bits per heavy atom. The van der Waals surface area contributed by atoms with Gasteiger partial charge in [-0.25, -0.2) is 0 Å². The Kier molecular flexibility index (Phi) is 4.25. The summed E-state index contributed by atoms with van der Waals surface area (Å²) in [6.07, 6.45) is 5.56. The molecule has 0 radical (unpaired) electrons. The van der Waals surface area contributed by atoms with Crippen molar-refractivity contribution >= 4 is 15.9 Å². The molecule has 2 bridgehead atoms. The molecule has 2 aliphatic rings. The minimum atomic E-state index is 0.453. The van der Waals surface area contributed by atoms with E-state index in [1.54, 1.807) is 0 Å². The van der Waals surface area contributed by atoms with Gasteiger partial charge in [0.25, 0.3) is 0 Å². The van der Waals surface area contributed by atoms with Gasteiger partial charge in [-0.05, 0) is 50.3 Å². The number of fused-ring (bicyclic) bond motifs is 2. The van der Waals surface area contributed by atoms with Crippen LogP contribution in [0.15, 0.2) is 28.7 Å². The van der Waals surface area contributed by atoms with E-state index < -0.39 is 0 Å². The van der Waals surface area contributed by atoms with Gasteiger partial charge in [0.2, 0.25) is 0 Å². The molecule has 0 aromatic heterocycles. The van der Waals surface area contributed by atoms with E-state index in [2.05, 4.69) is 57.5 Å². The second-order valence-electron chi connectivity index (χ2n) is 5.98. The average molecular weight is 323 g/mol. The van der Waals surface area contributed by atoms with Gasteiger partial charge in [-0.2, -0.15) is 0 Å². The summed E-state index contributed by atoms with van der Waals surface area (Å²) in [7, 11) is 2.07. The third-order valence-electron chi connectivity index (χ3n) is 4.86. The molecule has 3 heteroatoms. The molecule has 1 heterocycles. The molecule has 0 spiro atoms. The third kappa shape index (κ3) is 2.88. The molecule has 1 aromatic carbocycles. The summed E-state index contributed by atoms with van der Waals surface area (Å²) in [6, 6.07) is 9.91. The number of hydrogen-bond acceptors (Lipinski definition) is 2. The molecule has 3 atom stereocenters. The Morgan fingerprint density at radius 2 is 2.21 bits per heavy atom. The van der Waals surface area contributed by atoms with E-state index in [1.165, 1.54) is 48.8 Å². The van der Waals surface area contributed by atoms with E-state index in [4.69, 9.17) is 0 Å². The molecule has 1 aromatic rings. The lowest BCUT2D eigenvalue weighted by Crippen LogP contribution is -2.34. The summed E-state index contributed by atoms with van der Waals surface area (Å²) in [5.74, 6) is 1.00. The van der Waals surface area contributed by atoms with Gasteiger partial charge < -0.3 is 10.2 Å². The van der Waals surface area contributed by atoms with Crippen molar-refractivity contribution in [2.75, 3.05) is 20.1 Å². The summed E-state index contributed by atoms with van der Waals surface area (Å²) >= 11 is 3.67. The smallest absolute Gasteiger partial charge is 0.0340 e. The summed E-state index contributed by atoms with van der Waals surface area (Å²) in [4.78, 5) is 2.72. The standard InChI is InChI=1S/C16H23BrN2/c1-18-16(14-4-2-3-5-15(14)17)8-9-19-11-12-6-7-13(19)10-12/h2-5,12-13,16,18H,6-11H2,1H3. The Bertz CT molecular complexity index is 435. The molecule has 1 N–H and O–H groups in total. The van der Waals surface area contributed by atoms with Crippen LogP contribution in [0.5, 0.6) is 0 Å². The number of benzene rings is 1. The van der Waals surface area contributed by atoms with Gasteiger partial charge in [0.1, 0.15) is 0 Å². The monoisotopic (exact) mass is 322 g/mol. The predicted octanol–water partition coefficient (Wildman–Crippen LogP) is 3.58. The summed E-state index contributed by atoms with van der Waals surface area (Å²) in [6.45, 7) is 2.57. The first-order valence-electron chi connectivity index (χ1n) is 7.43. The molecule has 1 aliphatic heterocycles. The van der Waals surface area contributed by atoms with Crippen LogP contribution < -0.4 is 5.32 Å². The molecule has 19 heavy (non-hydrogen) atoms. The first-order chi connectivity index (χ1) is 9.28. The van der Waals surface area contributed by atoms with Crippen molar-refractivity contribution in [3.8, 4) is 0 Å². The maximum absolute atomic E-state index is 3.67. The zero-order valence-corrected chi connectivity index (χ0v) is 13.2. The predicted molar refractivity (Wildman–Crippen MR) is 83.3 cm³/mol. The van der Waals surface area contributed by atoms with Crippen LogP contribution in [0.1, 0.15) is 37.3 Å². The van der Waals surface area contributed by atoms with Crippen LogP contribution in [0.3, 0.4) is 0 Å². The lowest BCUT2D eigenvalue weighted by atomic mass is 10.0. The number of likely N-dealkylation sites (tertiary alicyclic amines) is 1. The maximum atomic E-state index is 3.67. The zero-order valence-electron chi connectivity index (χ0n) is 11.6. The van der Waals surface area contributed by atoms with Crippen LogP contribution in [-0.2, 0) is 0 Å². The fraction of sp³-hybridized carbons (Fsp3) is 0.625. The minimum absolute atomic E-state index is 0.453. The Labute approximate surface area is 124 Å². The molecule has 104 valence electrons. The molecule has 2 nitrogen and oxygen atoms in total. The van der Waals surface area contributed by atoms with Crippen LogP contribution in [0.4, 0.5) is 0 Å². The van der Waals surface area contributed by atoms with E-state index in [9.17, 15) is 0 Å². The lowest BCUT2D eigenvalue weighted by Gasteiger charge is -2.29. The second kappa shape index (κ2) is 5.94. The van der Waals surface area contributed by atoms with Gasteiger partial charge >= 0.3 is 0 Å². The van der Waals surface area contributed by atoms with Crippen molar-refractivity contribution in [3.63, 3.8) is 0 Å². The quantitative estimate of drug-likeness (QED) is 0.891. The Morgan fingerprint density at radius 1 is 1.37 bits per heavy atom. The van der Waals surface area contributed by atoms with Crippen molar-refractivity contribution in [3.05, 3.63) is 34.3 Å². The molecule has 2 fully saturated rings. The molecule has 3 rings (SSSR count). The van der Waals surface area contributed by atoms with Gasteiger partial charge in [0, 0.05) is 29.6 Å². The number of nitrogens with one attached hydrogen (secondary N) is 1. The van der Waals surface area contributed by atoms with Crippen LogP contribution in [-0.4, -0.2) is 31.1 Å². The fourth-order valence-corrected chi connectivity index (χ4v) is 4.37. The molecule has 0 amide bonds. The summed E-state index contributed by atoms with van der Waals surface area (Å²) in [5.41, 5.74) is 1.38. The highest BCUT2D eigenvalue weighted by molar-refractivity contribution is 9.10. The number of halogens is 1. The third-order valence-corrected chi connectivity index (χ3v) is 5.58. The van der Waals surface area contributed by atoms with Gasteiger partial charge in [0.05, 0.1) is 0 Å². The lowest BCUT2D eigenvalue weighted by molar-refractivity contribution is 0.203. The van der Waals surface area contributed by atoms with Crippen molar-refractivity contribution in [2.24, 2.45) is 5.92 Å². The van der Waals surface area contributed by atoms with Crippen molar-refractivity contribution in [2.45, 2.75) is 37.8 Å². The van der Waals surface area contributed by atoms with Gasteiger partial charge in [-0.15, -0.1) is 0 Å². The van der Waals surface area contributed by atoms with E-state index in [1.807, 2.05) is 0 Å². The normalized spacial score (nSPS) is 27.9. The first-order valence-corrected chi connectivity index (χ1v) is 8.23. The van der Waals surface area contributed by atoms with Crippen molar-refractivity contribution in [1.29, 1.82) is 0 Å². The number of hydrogen-bond donors (Lipinski definition) is 1. The van der Waals surface area contributed by atoms with E-state index in [0.29, 0.717) is 6.04 Å². The van der Waals surface area contributed by atoms with E-state index in [-0.39, 0.29) is 0 Å².